The standard InChI is InChI=1S/Na.4O.Os.H/q+1;;;;;;-1. The Balaban J connectivity index is -0.0000000800. The van der Waals surface area contributed by atoms with E-state index in [4.69, 9.17) is 14.2 Å². The molecular formula is HNaO4Os. The van der Waals surface area contributed by atoms with E-state index in [0.29, 0.717) is 0 Å². The van der Waals surface area contributed by atoms with Crippen molar-refractivity contribution in [3.05, 3.63) is 0 Å². The molecule has 0 rings (SSSR count). The average Bonchev–Trinajstić information content (AvgIpc) is 0.722. The molecular weight excluding hydrogens is 277 g/mol. The molecule has 0 spiro atoms. The van der Waals surface area contributed by atoms with Gasteiger partial charge in [0.25, 0.3) is 0 Å². The Morgan fingerprint density at radius 3 is 1.00 bits per heavy atom. The van der Waals surface area contributed by atoms with Gasteiger partial charge in [0.05, 0.1) is 0 Å². The first-order valence-electron chi connectivity index (χ1n) is 0.577. The summed E-state index contributed by atoms with van der Waals surface area (Å²) in [7, 11) is 0. The fourth-order valence-electron chi connectivity index (χ4n) is 0. The molecule has 0 fully saturated rings. The second-order valence-electron chi connectivity index (χ2n) is 0.354. The Morgan fingerprint density at radius 1 is 1.00 bits per heavy atom. The van der Waals surface area contributed by atoms with Gasteiger partial charge >= 0.3 is 58.6 Å². The van der Waals surface area contributed by atoms with Crippen LogP contribution in [-0.4, -0.2) is 0 Å². The summed E-state index contributed by atoms with van der Waals surface area (Å²) in [6.07, 6.45) is 0. The minimum atomic E-state index is -6.06. The molecule has 0 aliphatic carbocycles. The van der Waals surface area contributed by atoms with Crippen molar-refractivity contribution >= 4 is 0 Å². The van der Waals surface area contributed by atoms with Crippen molar-refractivity contribution in [2.24, 2.45) is 0 Å². The van der Waals surface area contributed by atoms with Gasteiger partial charge < -0.3 is 1.43 Å². The molecule has 0 aromatic rings. The van der Waals surface area contributed by atoms with Crippen LogP contribution in [0.2, 0.25) is 0 Å². The van der Waals surface area contributed by atoms with Crippen LogP contribution in [0.15, 0.2) is 0 Å². The van der Waals surface area contributed by atoms with Crippen LogP contribution in [0.3, 0.4) is 0 Å². The second kappa shape index (κ2) is 2.92. The average molecular weight is 278 g/mol. The van der Waals surface area contributed by atoms with Crippen LogP contribution < -0.4 is 29.6 Å². The molecule has 0 N–H and O–H groups in total. The molecule has 0 aliphatic rings. The van der Waals surface area contributed by atoms with Gasteiger partial charge in [0.2, 0.25) is 0 Å². The van der Waals surface area contributed by atoms with Crippen molar-refractivity contribution in [2.75, 3.05) is 0 Å². The molecule has 0 radical (unpaired) electrons. The van der Waals surface area contributed by atoms with E-state index in [1.165, 1.54) is 0 Å². The zero-order valence-corrected chi connectivity index (χ0v) is 7.53. The van der Waals surface area contributed by atoms with Crippen LogP contribution in [-0.2, 0) is 29.0 Å². The molecule has 0 saturated heterocycles. The molecule has 34 valence electrons. The summed E-state index contributed by atoms with van der Waals surface area (Å²) in [5.74, 6) is 0. The van der Waals surface area contributed by atoms with Crippen LogP contribution in [0.4, 0.5) is 0 Å². The van der Waals surface area contributed by atoms with Gasteiger partial charge in [-0.15, -0.1) is 0 Å². The fraction of sp³-hybridized carbons (Fsp3) is 0. The van der Waals surface area contributed by atoms with Gasteiger partial charge in [-0.3, -0.25) is 0 Å². The number of rotatable bonds is 0. The normalized spacial score (nSPS) is 9.33. The van der Waals surface area contributed by atoms with Gasteiger partial charge in [-0.2, -0.15) is 0 Å². The summed E-state index contributed by atoms with van der Waals surface area (Å²) in [5, 5.41) is 0. The molecule has 0 atom stereocenters. The minimum absolute atomic E-state index is 0. The van der Waals surface area contributed by atoms with Gasteiger partial charge in [0, 0.05) is 0 Å². The fourth-order valence-corrected chi connectivity index (χ4v) is 0. The van der Waals surface area contributed by atoms with E-state index in [9.17, 15) is 0 Å². The summed E-state index contributed by atoms with van der Waals surface area (Å²) >= 11 is -6.06. The van der Waals surface area contributed by atoms with Gasteiger partial charge in [0.1, 0.15) is 0 Å². The molecule has 0 aromatic heterocycles. The zero-order valence-electron chi connectivity index (χ0n) is 3.99. The van der Waals surface area contributed by atoms with Crippen molar-refractivity contribution in [2.45, 2.75) is 0 Å². The number of hydrogen-bond donors (Lipinski definition) is 0. The van der Waals surface area contributed by atoms with Gasteiger partial charge in [-0.25, -0.2) is 0 Å². The van der Waals surface area contributed by atoms with E-state index >= 15 is 0 Å². The van der Waals surface area contributed by atoms with Crippen LogP contribution in [0, 0.1) is 0 Å². The summed E-state index contributed by atoms with van der Waals surface area (Å²) in [5.41, 5.74) is 0. The third-order valence-electron chi connectivity index (χ3n) is 0. The molecule has 0 unspecified atom stereocenters. The first-order valence-corrected chi connectivity index (χ1v) is 4.73. The molecule has 0 bridgehead atoms. The first kappa shape index (κ1) is 9.96. The summed E-state index contributed by atoms with van der Waals surface area (Å²) in [4.78, 5) is 0. The van der Waals surface area contributed by atoms with Crippen molar-refractivity contribution in [3.63, 3.8) is 0 Å². The Hall–Kier alpha value is 0.836. The van der Waals surface area contributed by atoms with Crippen molar-refractivity contribution < 1.29 is 60.0 Å². The molecule has 6 heavy (non-hydrogen) atoms. The Labute approximate surface area is 59.7 Å². The summed E-state index contributed by atoms with van der Waals surface area (Å²) in [6.45, 7) is 0. The SMILES string of the molecule is [H-].[Na+].[O]=[Os](=[O])(=[O])=[O]. The summed E-state index contributed by atoms with van der Waals surface area (Å²) in [6, 6.07) is 0. The van der Waals surface area contributed by atoms with E-state index < -0.39 is 14.8 Å². The molecule has 6 heteroatoms. The molecule has 0 heterocycles. The quantitative estimate of drug-likeness (QED) is 0.434. The van der Waals surface area contributed by atoms with Crippen molar-refractivity contribution in [3.8, 4) is 0 Å². The van der Waals surface area contributed by atoms with Gasteiger partial charge in [-0.1, -0.05) is 0 Å². The van der Waals surface area contributed by atoms with Gasteiger partial charge in [-0.05, 0) is 0 Å². The van der Waals surface area contributed by atoms with Crippen molar-refractivity contribution in [1.29, 1.82) is 0 Å². The maximum atomic E-state index is 8.63. The van der Waals surface area contributed by atoms with E-state index in [1.54, 1.807) is 0 Å². The van der Waals surface area contributed by atoms with Crippen LogP contribution >= 0.6 is 0 Å². The third kappa shape index (κ3) is 102. The van der Waals surface area contributed by atoms with Crippen molar-refractivity contribution in [1.82, 2.24) is 0 Å². The van der Waals surface area contributed by atoms with E-state index in [0.717, 1.165) is 0 Å². The van der Waals surface area contributed by atoms with E-state index in [2.05, 4.69) is 0 Å². The van der Waals surface area contributed by atoms with Gasteiger partial charge in [0.15, 0.2) is 0 Å². The molecule has 0 amide bonds. The summed E-state index contributed by atoms with van der Waals surface area (Å²) < 4.78 is 34.5. The van der Waals surface area contributed by atoms with Crippen LogP contribution in [0.5, 0.6) is 0 Å². The monoisotopic (exact) mass is 280 g/mol. The maximum absolute atomic E-state index is 8.63. The molecule has 4 nitrogen and oxygen atoms in total. The zero-order chi connectivity index (χ0) is 4.50. The van der Waals surface area contributed by atoms with Crippen LogP contribution in [0.1, 0.15) is 1.43 Å². The second-order valence-corrected chi connectivity index (χ2v) is 2.89. The Bertz CT molecular complexity index is 163. The first-order chi connectivity index (χ1) is 2.00. The van der Waals surface area contributed by atoms with Crippen LogP contribution in [0.25, 0.3) is 0 Å². The number of hydrogen-bond acceptors (Lipinski definition) is 4. The third-order valence-corrected chi connectivity index (χ3v) is 0. The Kier molecular flexibility index (Phi) is 4.85. The molecule has 0 aromatic carbocycles. The Morgan fingerprint density at radius 2 is 1.00 bits per heavy atom. The predicted molar refractivity (Wildman–Crippen MR) is 3.86 cm³/mol. The van der Waals surface area contributed by atoms with E-state index in [-0.39, 0.29) is 31.0 Å². The van der Waals surface area contributed by atoms with E-state index in [1.807, 2.05) is 0 Å². The predicted octanol–water partition coefficient (Wildman–Crippen LogP) is -3.36. The molecule has 0 saturated carbocycles. The topological polar surface area (TPSA) is 68.3 Å². The molecule has 0 aliphatic heterocycles.